The molecule has 5 heteroatoms. The van der Waals surface area contributed by atoms with Gasteiger partial charge in [-0.1, -0.05) is 60.7 Å². The van der Waals surface area contributed by atoms with Crippen LogP contribution < -0.4 is 15.0 Å². The Balaban J connectivity index is 1.76. The van der Waals surface area contributed by atoms with E-state index in [0.717, 1.165) is 22.4 Å². The van der Waals surface area contributed by atoms with Crippen molar-refractivity contribution in [3.05, 3.63) is 95.6 Å². The molecule has 0 aliphatic rings. The summed E-state index contributed by atoms with van der Waals surface area (Å²) in [5.41, 5.74) is 4.26. The molecule has 5 nitrogen and oxygen atoms in total. The van der Waals surface area contributed by atoms with Gasteiger partial charge in [-0.15, -0.1) is 0 Å². The van der Waals surface area contributed by atoms with E-state index in [2.05, 4.69) is 0 Å². The van der Waals surface area contributed by atoms with Crippen molar-refractivity contribution in [3.63, 3.8) is 0 Å². The molecule has 1 atom stereocenters. The van der Waals surface area contributed by atoms with Gasteiger partial charge < -0.3 is 9.47 Å². The number of para-hydroxylation sites is 1. The van der Waals surface area contributed by atoms with Crippen molar-refractivity contribution in [2.24, 2.45) is 0 Å². The molecule has 0 radical (unpaired) electrons. The maximum Gasteiger partial charge on any atom is 0.255 e. The van der Waals surface area contributed by atoms with Crippen molar-refractivity contribution in [3.8, 4) is 11.5 Å². The molecule has 0 saturated heterocycles. The lowest BCUT2D eigenvalue weighted by Gasteiger charge is -2.16. The summed E-state index contributed by atoms with van der Waals surface area (Å²) in [6, 6.07) is 24.3. The van der Waals surface area contributed by atoms with Gasteiger partial charge in [0.25, 0.3) is 5.91 Å². The van der Waals surface area contributed by atoms with Crippen LogP contribution in [0.5, 0.6) is 11.5 Å². The van der Waals surface area contributed by atoms with E-state index in [4.69, 9.17) is 14.7 Å². The smallest absolute Gasteiger partial charge is 0.255 e. The Bertz CT molecular complexity index is 878. The summed E-state index contributed by atoms with van der Waals surface area (Å²) in [5, 5.41) is 9.11. The lowest BCUT2D eigenvalue weighted by atomic mass is 9.91. The highest BCUT2D eigenvalue weighted by Gasteiger charge is 2.22. The van der Waals surface area contributed by atoms with E-state index in [1.165, 1.54) is 0 Å². The fourth-order valence-corrected chi connectivity index (χ4v) is 2.95. The van der Waals surface area contributed by atoms with Crippen LogP contribution in [0.4, 0.5) is 0 Å². The minimum Gasteiger partial charge on any atom is -0.496 e. The Labute approximate surface area is 158 Å². The molecule has 2 N–H and O–H groups in total. The molecule has 1 unspecified atom stereocenters. The number of amides is 1. The van der Waals surface area contributed by atoms with Gasteiger partial charge >= 0.3 is 0 Å². The number of carbonyl (C=O) groups is 1. The van der Waals surface area contributed by atoms with E-state index in [9.17, 15) is 4.79 Å². The summed E-state index contributed by atoms with van der Waals surface area (Å²) < 4.78 is 11.2. The Kier molecular flexibility index (Phi) is 6.07. The highest BCUT2D eigenvalue weighted by Crippen LogP contribution is 2.27. The molecule has 3 rings (SSSR count). The molecular formula is C22H21NO4. The highest BCUT2D eigenvalue weighted by molar-refractivity contribution is 5.86. The third-order valence-electron chi connectivity index (χ3n) is 4.31. The van der Waals surface area contributed by atoms with Gasteiger partial charge in [0.05, 0.1) is 13.0 Å². The molecule has 138 valence electrons. The monoisotopic (exact) mass is 363 g/mol. The second-order valence-corrected chi connectivity index (χ2v) is 5.99. The second kappa shape index (κ2) is 8.87. The summed E-state index contributed by atoms with van der Waals surface area (Å²) in [6.45, 7) is 0.378. The average Bonchev–Trinajstić information content (AvgIpc) is 2.74. The topological polar surface area (TPSA) is 67.8 Å². The molecule has 0 fully saturated rings. The lowest BCUT2D eigenvalue weighted by Crippen LogP contribution is -2.27. The average molecular weight is 363 g/mol. The molecule has 0 bridgehead atoms. The quantitative estimate of drug-likeness (QED) is 0.493. The molecule has 3 aromatic carbocycles. The van der Waals surface area contributed by atoms with E-state index in [1.807, 2.05) is 78.9 Å². The molecule has 0 heterocycles. The number of hydrogen-bond acceptors (Lipinski definition) is 4. The standard InChI is InChI=1S/C22H21NO4/c1-26-20-10-6-5-9-18(20)15-27-19-13-11-17(12-14-19)21(22(24)23-25)16-7-3-2-4-8-16/h2-14,21,25H,15H2,1H3,(H,23,24). The van der Waals surface area contributed by atoms with E-state index >= 15 is 0 Å². The van der Waals surface area contributed by atoms with Crippen LogP contribution in [0.3, 0.4) is 0 Å². The first-order chi connectivity index (χ1) is 13.2. The zero-order valence-electron chi connectivity index (χ0n) is 15.0. The Morgan fingerprint density at radius 3 is 2.22 bits per heavy atom. The molecule has 0 saturated carbocycles. The first-order valence-corrected chi connectivity index (χ1v) is 8.56. The third-order valence-corrected chi connectivity index (χ3v) is 4.31. The van der Waals surface area contributed by atoms with Crippen molar-refractivity contribution >= 4 is 5.91 Å². The van der Waals surface area contributed by atoms with Crippen LogP contribution in [0.2, 0.25) is 0 Å². The van der Waals surface area contributed by atoms with Gasteiger partial charge in [-0.2, -0.15) is 0 Å². The van der Waals surface area contributed by atoms with Gasteiger partial charge in [-0.3, -0.25) is 10.0 Å². The van der Waals surface area contributed by atoms with E-state index in [-0.39, 0.29) is 0 Å². The summed E-state index contributed by atoms with van der Waals surface area (Å²) in [6.07, 6.45) is 0. The summed E-state index contributed by atoms with van der Waals surface area (Å²) in [4.78, 5) is 12.2. The summed E-state index contributed by atoms with van der Waals surface area (Å²) >= 11 is 0. The van der Waals surface area contributed by atoms with Crippen molar-refractivity contribution in [1.29, 1.82) is 0 Å². The molecule has 0 aliphatic carbocycles. The number of hydrogen-bond donors (Lipinski definition) is 2. The third kappa shape index (κ3) is 4.46. The predicted molar refractivity (Wildman–Crippen MR) is 102 cm³/mol. The number of nitrogens with one attached hydrogen (secondary N) is 1. The second-order valence-electron chi connectivity index (χ2n) is 5.99. The van der Waals surface area contributed by atoms with Crippen LogP contribution in [0.25, 0.3) is 0 Å². The number of carbonyl (C=O) groups excluding carboxylic acids is 1. The molecular weight excluding hydrogens is 342 g/mol. The number of methoxy groups -OCH3 is 1. The number of rotatable bonds is 7. The Hall–Kier alpha value is -3.31. The molecule has 0 spiro atoms. The van der Waals surface area contributed by atoms with E-state index in [1.54, 1.807) is 12.6 Å². The van der Waals surface area contributed by atoms with Gasteiger partial charge in [-0.05, 0) is 29.3 Å². The number of hydroxylamine groups is 1. The minimum atomic E-state index is -0.598. The van der Waals surface area contributed by atoms with Crippen LogP contribution >= 0.6 is 0 Å². The summed E-state index contributed by atoms with van der Waals surface area (Å²) in [7, 11) is 1.63. The SMILES string of the molecule is COc1ccccc1COc1ccc(C(C(=O)NO)c2ccccc2)cc1. The first kappa shape index (κ1) is 18.5. The van der Waals surface area contributed by atoms with Crippen LogP contribution in [0.15, 0.2) is 78.9 Å². The summed E-state index contributed by atoms with van der Waals surface area (Å²) in [5.74, 6) is 0.377. The Morgan fingerprint density at radius 2 is 1.56 bits per heavy atom. The lowest BCUT2D eigenvalue weighted by molar-refractivity contribution is -0.129. The van der Waals surface area contributed by atoms with Gasteiger partial charge in [-0.25, -0.2) is 5.48 Å². The van der Waals surface area contributed by atoms with Crippen LogP contribution in [0, 0.1) is 0 Å². The predicted octanol–water partition coefficient (Wildman–Crippen LogP) is 3.91. The maximum absolute atomic E-state index is 12.2. The number of benzene rings is 3. The fourth-order valence-electron chi connectivity index (χ4n) is 2.95. The molecule has 0 aromatic heterocycles. The normalized spacial score (nSPS) is 11.5. The van der Waals surface area contributed by atoms with Crippen LogP contribution in [-0.4, -0.2) is 18.2 Å². The van der Waals surface area contributed by atoms with Crippen molar-refractivity contribution < 1.29 is 19.5 Å². The van der Waals surface area contributed by atoms with Crippen molar-refractivity contribution in [2.45, 2.75) is 12.5 Å². The zero-order chi connectivity index (χ0) is 19.1. The van der Waals surface area contributed by atoms with Crippen LogP contribution in [-0.2, 0) is 11.4 Å². The fraction of sp³-hybridized carbons (Fsp3) is 0.136. The van der Waals surface area contributed by atoms with Gasteiger partial charge in [0.15, 0.2) is 0 Å². The highest BCUT2D eigenvalue weighted by atomic mass is 16.5. The maximum atomic E-state index is 12.2. The van der Waals surface area contributed by atoms with Gasteiger partial charge in [0.1, 0.15) is 18.1 Å². The molecule has 0 aliphatic heterocycles. The van der Waals surface area contributed by atoms with Crippen molar-refractivity contribution in [2.75, 3.05) is 7.11 Å². The largest absolute Gasteiger partial charge is 0.496 e. The number of ether oxygens (including phenoxy) is 2. The Morgan fingerprint density at radius 1 is 0.926 bits per heavy atom. The molecule has 1 amide bonds. The minimum absolute atomic E-state index is 0.378. The van der Waals surface area contributed by atoms with E-state index in [0.29, 0.717) is 12.4 Å². The zero-order valence-corrected chi connectivity index (χ0v) is 15.0. The van der Waals surface area contributed by atoms with Gasteiger partial charge in [0.2, 0.25) is 0 Å². The molecule has 27 heavy (non-hydrogen) atoms. The van der Waals surface area contributed by atoms with Gasteiger partial charge in [0, 0.05) is 5.56 Å². The van der Waals surface area contributed by atoms with Crippen LogP contribution in [0.1, 0.15) is 22.6 Å². The first-order valence-electron chi connectivity index (χ1n) is 8.56. The van der Waals surface area contributed by atoms with Crippen molar-refractivity contribution in [1.82, 2.24) is 5.48 Å². The van der Waals surface area contributed by atoms with E-state index < -0.39 is 11.8 Å². The molecule has 3 aromatic rings.